The fourth-order valence-corrected chi connectivity index (χ4v) is 9.05. The molecule has 9 heteroatoms. The van der Waals surface area contributed by atoms with Gasteiger partial charge in [-0.3, -0.25) is 24.1 Å². The summed E-state index contributed by atoms with van der Waals surface area (Å²) in [6.07, 6.45) is 7.73. The van der Waals surface area contributed by atoms with E-state index in [0.717, 1.165) is 10.5 Å². The number of hydrogen-bond donors (Lipinski definition) is 2. The second-order valence-corrected chi connectivity index (χ2v) is 12.6. The highest BCUT2D eigenvalue weighted by Gasteiger charge is 2.78. The summed E-state index contributed by atoms with van der Waals surface area (Å²) in [4.78, 5) is 53.3. The van der Waals surface area contributed by atoms with Crippen molar-refractivity contribution < 1.29 is 34.1 Å². The molecule has 2 amide bonds. The molecule has 0 aromatic heterocycles. The summed E-state index contributed by atoms with van der Waals surface area (Å²) in [5, 5.41) is 23.4. The van der Waals surface area contributed by atoms with Crippen molar-refractivity contribution in [3.05, 3.63) is 11.6 Å². The number of alkyl halides is 1. The minimum atomic E-state index is -1.90. The number of rotatable bonds is 4. The number of fused-ring (bicyclic) bond motifs is 1. The number of Topliss-reactive ketones (excluding diaryl/α,β-unsaturated/α-hetero) is 1. The number of hydrogen-bond acceptors (Lipinski definition) is 7. The zero-order valence-corrected chi connectivity index (χ0v) is 22.9. The molecule has 2 unspecified atom stereocenters. The monoisotopic (exact) mass is 545 g/mol. The van der Waals surface area contributed by atoms with Crippen LogP contribution in [0.2, 0.25) is 0 Å². The maximum absolute atomic E-state index is 13.6. The molecule has 5 aliphatic rings. The van der Waals surface area contributed by atoms with Crippen LogP contribution in [-0.4, -0.2) is 68.9 Å². The molecule has 10 atom stereocenters. The van der Waals surface area contributed by atoms with Crippen molar-refractivity contribution in [2.75, 3.05) is 12.4 Å². The highest BCUT2D eigenvalue weighted by molar-refractivity contribution is 6.26. The number of imide groups is 1. The first-order valence-electron chi connectivity index (χ1n) is 13.6. The number of nitrogens with zero attached hydrogens (tertiary/aromatic N) is 1. The van der Waals surface area contributed by atoms with Gasteiger partial charge in [-0.2, -0.15) is 0 Å². The molecule has 8 nitrogen and oxygen atoms in total. The van der Waals surface area contributed by atoms with Gasteiger partial charge >= 0.3 is 5.97 Å². The number of amides is 2. The molecular weight excluding hydrogens is 510 g/mol. The van der Waals surface area contributed by atoms with Crippen LogP contribution in [-0.2, 0) is 23.9 Å². The Labute approximate surface area is 228 Å². The molecule has 0 aromatic rings. The number of allylic oxidation sites excluding steroid dienone is 2. The van der Waals surface area contributed by atoms with Gasteiger partial charge < -0.3 is 14.9 Å². The predicted molar refractivity (Wildman–Crippen MR) is 137 cm³/mol. The second-order valence-electron chi connectivity index (χ2n) is 12.3. The number of carbonyl (C=O) groups is 4. The molecule has 1 heterocycles. The van der Waals surface area contributed by atoms with Crippen molar-refractivity contribution in [3.8, 4) is 12.3 Å². The Hall–Kier alpha value is -2.21. The van der Waals surface area contributed by atoms with Crippen molar-refractivity contribution in [1.82, 2.24) is 4.90 Å². The van der Waals surface area contributed by atoms with Crippen LogP contribution in [0, 0.1) is 52.8 Å². The van der Waals surface area contributed by atoms with Crippen molar-refractivity contribution >= 4 is 35.2 Å². The molecule has 3 saturated carbocycles. The van der Waals surface area contributed by atoms with Gasteiger partial charge in [0.2, 0.25) is 11.8 Å². The first-order chi connectivity index (χ1) is 17.9. The van der Waals surface area contributed by atoms with E-state index < -0.39 is 52.2 Å². The number of aliphatic hydroxyl groups excluding tert-OH is 1. The molecule has 4 aliphatic carbocycles. The summed E-state index contributed by atoms with van der Waals surface area (Å²) < 4.78 is 5.93. The normalized spacial score (nSPS) is 46.1. The molecule has 38 heavy (non-hydrogen) atoms. The van der Waals surface area contributed by atoms with Crippen LogP contribution in [0.25, 0.3) is 0 Å². The number of esters is 1. The first kappa shape index (κ1) is 27.4. The number of carbonyl (C=O) groups excluding carboxylic acids is 4. The van der Waals surface area contributed by atoms with Crippen LogP contribution in [0.15, 0.2) is 11.6 Å². The molecule has 0 aromatic carbocycles. The lowest BCUT2D eigenvalue weighted by Gasteiger charge is -2.60. The van der Waals surface area contributed by atoms with Crippen LogP contribution in [0.3, 0.4) is 0 Å². The maximum atomic E-state index is 13.6. The van der Waals surface area contributed by atoms with Crippen LogP contribution >= 0.6 is 11.6 Å². The van der Waals surface area contributed by atoms with Gasteiger partial charge in [-0.05, 0) is 56.3 Å². The van der Waals surface area contributed by atoms with Gasteiger partial charge in [0.25, 0.3) is 0 Å². The molecule has 2 N–H and O–H groups in total. The van der Waals surface area contributed by atoms with E-state index in [0.29, 0.717) is 32.1 Å². The third kappa shape index (κ3) is 3.31. The van der Waals surface area contributed by atoms with E-state index in [9.17, 15) is 29.4 Å². The predicted octanol–water partition coefficient (Wildman–Crippen LogP) is 2.23. The van der Waals surface area contributed by atoms with E-state index in [4.69, 9.17) is 22.8 Å². The van der Waals surface area contributed by atoms with Crippen LogP contribution in [0.5, 0.6) is 0 Å². The van der Waals surface area contributed by atoms with Crippen LogP contribution in [0.1, 0.15) is 59.3 Å². The molecule has 5 rings (SSSR count). The number of halogens is 1. The van der Waals surface area contributed by atoms with E-state index in [1.165, 1.54) is 0 Å². The third-order valence-electron chi connectivity index (χ3n) is 11.2. The van der Waals surface area contributed by atoms with Gasteiger partial charge in [0.15, 0.2) is 5.78 Å². The SMILES string of the molecule is C#CCN1C(=O)C2CC=C([C@@H]3C[C@@H](OC(=O)CCl)[C@]4(C)[C@H](C)CC[C@]5(C[C@H](O)C(=O)[C@]54O)[C@H]3C)CC2C1=O. The van der Waals surface area contributed by atoms with Gasteiger partial charge in [0, 0.05) is 10.8 Å². The highest BCUT2D eigenvalue weighted by atomic mass is 35.5. The Kier molecular flexibility index (Phi) is 6.61. The molecule has 0 spiro atoms. The smallest absolute Gasteiger partial charge is 0.321 e. The summed E-state index contributed by atoms with van der Waals surface area (Å²) in [5.74, 6) is -1.38. The van der Waals surface area contributed by atoms with Gasteiger partial charge in [0.05, 0.1) is 18.4 Å². The minimum absolute atomic E-state index is 0.0529. The number of likely N-dealkylation sites (tertiary alicyclic amines) is 1. The topological polar surface area (TPSA) is 121 Å². The van der Waals surface area contributed by atoms with Crippen molar-refractivity contribution in [2.45, 2.75) is 77.1 Å². The largest absolute Gasteiger partial charge is 0.461 e. The van der Waals surface area contributed by atoms with Crippen molar-refractivity contribution in [2.24, 2.45) is 40.4 Å². The summed E-state index contributed by atoms with van der Waals surface area (Å²) in [6, 6.07) is 0. The quantitative estimate of drug-likeness (QED) is 0.183. The lowest BCUT2D eigenvalue weighted by atomic mass is 9.46. The lowest BCUT2D eigenvalue weighted by Crippen LogP contribution is -2.69. The number of ether oxygens (including phenoxy) is 1. The van der Waals surface area contributed by atoms with Crippen molar-refractivity contribution in [1.29, 1.82) is 0 Å². The summed E-state index contributed by atoms with van der Waals surface area (Å²) >= 11 is 5.82. The zero-order valence-electron chi connectivity index (χ0n) is 22.1. The summed E-state index contributed by atoms with van der Waals surface area (Å²) in [6.45, 7) is 5.72. The first-order valence-corrected chi connectivity index (χ1v) is 14.1. The number of aliphatic hydroxyl groups is 2. The van der Waals surface area contributed by atoms with Gasteiger partial charge in [-0.15, -0.1) is 18.0 Å². The second kappa shape index (κ2) is 9.18. The van der Waals surface area contributed by atoms with Gasteiger partial charge in [-0.1, -0.05) is 38.3 Å². The average Bonchev–Trinajstić information content (AvgIpc) is 3.25. The Balaban J connectivity index is 1.60. The Morgan fingerprint density at radius 3 is 2.58 bits per heavy atom. The average molecular weight is 546 g/mol. The van der Waals surface area contributed by atoms with Crippen LogP contribution < -0.4 is 0 Å². The van der Waals surface area contributed by atoms with Gasteiger partial charge in [-0.25, -0.2) is 0 Å². The van der Waals surface area contributed by atoms with E-state index in [-0.39, 0.29) is 48.4 Å². The molecule has 206 valence electrons. The minimum Gasteiger partial charge on any atom is -0.461 e. The van der Waals surface area contributed by atoms with Crippen LogP contribution in [0.4, 0.5) is 0 Å². The highest BCUT2D eigenvalue weighted by Crippen LogP contribution is 2.71. The van der Waals surface area contributed by atoms with E-state index >= 15 is 0 Å². The summed E-state index contributed by atoms with van der Waals surface area (Å²) in [7, 11) is 0. The number of ketones is 1. The number of terminal acetylenes is 1. The maximum Gasteiger partial charge on any atom is 0.321 e. The molecule has 0 radical (unpaired) electrons. The Morgan fingerprint density at radius 2 is 1.92 bits per heavy atom. The molecule has 4 fully saturated rings. The molecule has 1 saturated heterocycles. The molecular formula is C29H36ClNO7. The van der Waals surface area contributed by atoms with Gasteiger partial charge in [0.1, 0.15) is 23.7 Å². The fourth-order valence-electron chi connectivity index (χ4n) is 8.99. The Morgan fingerprint density at radius 1 is 1.24 bits per heavy atom. The summed E-state index contributed by atoms with van der Waals surface area (Å²) in [5.41, 5.74) is -3.02. The van der Waals surface area contributed by atoms with E-state index in [1.54, 1.807) is 0 Å². The standard InChI is InChI=1S/C29H36ClNO7/c1-5-10-31-25(35)18-7-6-17(11-20(18)26(31)36)19-12-22(38-23(33)14-30)27(4)15(2)8-9-28(16(19)3)13-21(32)24(34)29(27,28)37/h1,6,15-16,18-22,32,37H,7-14H2,2-4H3/t15-,16+,18?,19-,20?,21+,22-,27+,28+,29-/m1/s1. The molecule has 2 bridgehead atoms. The van der Waals surface area contributed by atoms with E-state index in [1.807, 2.05) is 26.8 Å². The fraction of sp³-hybridized carbons (Fsp3) is 0.724. The zero-order chi connectivity index (χ0) is 27.8. The molecule has 1 aliphatic heterocycles. The van der Waals surface area contributed by atoms with Crippen molar-refractivity contribution in [3.63, 3.8) is 0 Å². The van der Waals surface area contributed by atoms with E-state index in [2.05, 4.69) is 5.92 Å². The lowest BCUT2D eigenvalue weighted by molar-refractivity contribution is -0.234. The Bertz CT molecular complexity index is 1160. The third-order valence-corrected chi connectivity index (χ3v) is 11.4.